The first-order valence-corrected chi connectivity index (χ1v) is 12.3. The minimum absolute atomic E-state index is 0.0256. The summed E-state index contributed by atoms with van der Waals surface area (Å²) in [5.41, 5.74) is 10.9. The SMILES string of the molecule is CCN1CCCOc2cc3c(cc2OC)C(=NCN3)Oc2cnc(c(C=S)c2)NN(CC(N)=O)CC1. The lowest BCUT2D eigenvalue weighted by atomic mass is 10.1. The lowest BCUT2D eigenvalue weighted by Gasteiger charge is -2.27. The van der Waals surface area contributed by atoms with Gasteiger partial charge in [0.2, 0.25) is 11.8 Å². The lowest BCUT2D eigenvalue weighted by molar-refractivity contribution is -0.118. The molecule has 0 saturated heterocycles. The highest BCUT2D eigenvalue weighted by Gasteiger charge is 2.22. The van der Waals surface area contributed by atoms with E-state index in [4.69, 9.17) is 32.2 Å². The van der Waals surface area contributed by atoms with Crippen LogP contribution in [0.15, 0.2) is 29.4 Å². The maximum absolute atomic E-state index is 11.7. The summed E-state index contributed by atoms with van der Waals surface area (Å²) in [6.07, 6.45) is 2.40. The van der Waals surface area contributed by atoms with Crippen LogP contribution in [0.1, 0.15) is 24.5 Å². The summed E-state index contributed by atoms with van der Waals surface area (Å²) in [7, 11) is 1.61. The van der Waals surface area contributed by atoms with Gasteiger partial charge in [-0.3, -0.25) is 4.79 Å². The van der Waals surface area contributed by atoms with Gasteiger partial charge >= 0.3 is 0 Å². The van der Waals surface area contributed by atoms with Crippen LogP contribution in [0.5, 0.6) is 17.2 Å². The van der Waals surface area contributed by atoms with E-state index in [1.54, 1.807) is 24.4 Å². The Balaban J connectivity index is 1.70. The molecule has 0 unspecified atom stereocenters. The van der Waals surface area contributed by atoms with Crippen LogP contribution in [0.3, 0.4) is 0 Å². The molecule has 0 fully saturated rings. The predicted octanol–water partition coefficient (Wildman–Crippen LogP) is 1.87. The van der Waals surface area contributed by atoms with Gasteiger partial charge in [-0.25, -0.2) is 15.0 Å². The van der Waals surface area contributed by atoms with Crippen molar-refractivity contribution in [2.45, 2.75) is 13.3 Å². The van der Waals surface area contributed by atoms with Crippen molar-refractivity contribution in [3.8, 4) is 17.2 Å². The molecule has 6 rings (SSSR count). The standard InChI is InChI=1S/C24H31N7O4S/c1-3-30-5-4-8-34-21-11-19-18(10-20(21)33-2)24(28-15-27-19)35-17-9-16(14-36)23(26-12-17)29-31(7-6-30)13-22(25)32/h9-12,14,27H,3-8,13,15H2,1-2H3,(H2,25,32)(H,26,29). The zero-order chi connectivity index (χ0) is 25.5. The number of carbonyl (C=O) groups excluding carboxylic acids is 1. The Bertz CT molecular complexity index is 1140. The molecule has 1 aromatic carbocycles. The summed E-state index contributed by atoms with van der Waals surface area (Å²) in [6, 6.07) is 5.54. The average Bonchev–Trinajstić information content (AvgIpc) is 2.87. The van der Waals surface area contributed by atoms with Crippen LogP contribution in [0.2, 0.25) is 0 Å². The van der Waals surface area contributed by atoms with Gasteiger partial charge in [0.25, 0.3) is 0 Å². The van der Waals surface area contributed by atoms with Gasteiger partial charge in [0.1, 0.15) is 18.2 Å². The molecule has 12 heteroatoms. The van der Waals surface area contributed by atoms with Crippen LogP contribution in [-0.4, -0.2) is 85.2 Å². The van der Waals surface area contributed by atoms with E-state index in [9.17, 15) is 4.79 Å². The zero-order valence-electron chi connectivity index (χ0n) is 20.5. The van der Waals surface area contributed by atoms with E-state index < -0.39 is 5.91 Å². The number of nitrogens with one attached hydrogen (secondary N) is 2. The summed E-state index contributed by atoms with van der Waals surface area (Å²) in [5, 5.41) is 6.52. The molecule has 0 radical (unpaired) electrons. The maximum atomic E-state index is 11.7. The van der Waals surface area contributed by atoms with Crippen molar-refractivity contribution >= 4 is 40.9 Å². The fourth-order valence-corrected chi connectivity index (χ4v) is 4.19. The van der Waals surface area contributed by atoms with Crippen molar-refractivity contribution in [3.05, 3.63) is 35.5 Å². The van der Waals surface area contributed by atoms with Crippen LogP contribution in [-0.2, 0) is 4.79 Å². The number of nitrogens with two attached hydrogens (primary N) is 1. The third-order valence-corrected chi connectivity index (χ3v) is 6.13. The molecular formula is C24H31N7O4S. The molecule has 4 aliphatic heterocycles. The number of methoxy groups -OCH3 is 1. The van der Waals surface area contributed by atoms with Gasteiger partial charge in [-0.15, -0.1) is 0 Å². The summed E-state index contributed by atoms with van der Waals surface area (Å²) in [6.45, 7) is 5.96. The third-order valence-electron chi connectivity index (χ3n) is 5.88. The second-order valence-electron chi connectivity index (χ2n) is 8.31. The van der Waals surface area contributed by atoms with Gasteiger partial charge in [-0.2, -0.15) is 0 Å². The van der Waals surface area contributed by atoms with Crippen LogP contribution in [0.25, 0.3) is 0 Å². The number of benzene rings is 1. The van der Waals surface area contributed by atoms with Crippen LogP contribution >= 0.6 is 12.2 Å². The Morgan fingerprint density at radius 1 is 1.31 bits per heavy atom. The molecule has 0 atom stereocenters. The highest BCUT2D eigenvalue weighted by atomic mass is 32.1. The Labute approximate surface area is 215 Å². The Morgan fingerprint density at radius 2 is 2.17 bits per heavy atom. The van der Waals surface area contributed by atoms with Crippen molar-refractivity contribution in [3.63, 3.8) is 0 Å². The van der Waals surface area contributed by atoms with Gasteiger partial charge in [0, 0.05) is 36.6 Å². The predicted molar refractivity (Wildman–Crippen MR) is 142 cm³/mol. The number of likely N-dealkylation sites (N-methyl/N-ethyl adjacent to an activating group) is 1. The molecule has 5 heterocycles. The molecule has 4 aliphatic rings. The number of hydrogen-bond donors (Lipinski definition) is 3. The van der Waals surface area contributed by atoms with E-state index in [0.29, 0.717) is 54.3 Å². The third kappa shape index (κ3) is 6.20. The maximum Gasteiger partial charge on any atom is 0.233 e. The number of fused-ring (bicyclic) bond motifs is 2. The molecule has 11 nitrogen and oxygen atoms in total. The molecule has 0 aliphatic carbocycles. The summed E-state index contributed by atoms with van der Waals surface area (Å²) in [5.74, 6) is 2.21. The Hall–Kier alpha value is -3.48. The zero-order valence-corrected chi connectivity index (χ0v) is 21.3. The van der Waals surface area contributed by atoms with Gasteiger partial charge in [-0.1, -0.05) is 19.1 Å². The molecule has 192 valence electrons. The Kier molecular flexibility index (Phi) is 8.52. The fourth-order valence-electron chi connectivity index (χ4n) is 4.01. The largest absolute Gasteiger partial charge is 0.493 e. The van der Waals surface area contributed by atoms with Gasteiger partial charge < -0.3 is 35.6 Å². The fraction of sp³-hybridized carbons (Fsp3) is 0.417. The van der Waals surface area contributed by atoms with Crippen LogP contribution in [0.4, 0.5) is 11.5 Å². The monoisotopic (exact) mass is 513 g/mol. The van der Waals surface area contributed by atoms with Gasteiger partial charge in [0.15, 0.2) is 11.5 Å². The number of hydrogen-bond acceptors (Lipinski definition) is 11. The molecule has 6 bridgehead atoms. The van der Waals surface area contributed by atoms with Crippen molar-refractivity contribution in [2.75, 3.05) is 63.9 Å². The van der Waals surface area contributed by atoms with E-state index in [-0.39, 0.29) is 6.54 Å². The van der Waals surface area contributed by atoms with E-state index >= 15 is 0 Å². The number of thiocarbonyl (C=S) groups is 1. The summed E-state index contributed by atoms with van der Waals surface area (Å²) < 4.78 is 17.8. The van der Waals surface area contributed by atoms with E-state index in [2.05, 4.69) is 32.5 Å². The van der Waals surface area contributed by atoms with Gasteiger partial charge in [0.05, 0.1) is 37.7 Å². The molecule has 1 aromatic heterocycles. The first kappa shape index (κ1) is 25.6. The number of ether oxygens (including phenoxy) is 3. The number of aliphatic imine (C=N–C) groups is 1. The van der Waals surface area contributed by atoms with E-state index in [1.165, 1.54) is 5.37 Å². The second kappa shape index (κ2) is 12.0. The molecular weight excluding hydrogens is 482 g/mol. The van der Waals surface area contributed by atoms with Crippen molar-refractivity contribution in [1.82, 2.24) is 14.9 Å². The number of aromatic nitrogens is 1. The highest BCUT2D eigenvalue weighted by molar-refractivity contribution is 7.79. The summed E-state index contributed by atoms with van der Waals surface area (Å²) in [4.78, 5) is 23.0. The van der Waals surface area contributed by atoms with Crippen molar-refractivity contribution < 1.29 is 19.0 Å². The molecule has 1 amide bonds. The lowest BCUT2D eigenvalue weighted by Crippen LogP contribution is -2.43. The normalized spacial score (nSPS) is 16.8. The number of rotatable bonds is 5. The molecule has 4 N–H and O–H groups in total. The molecule has 36 heavy (non-hydrogen) atoms. The number of amides is 1. The highest BCUT2D eigenvalue weighted by Crippen LogP contribution is 2.36. The minimum Gasteiger partial charge on any atom is -0.493 e. The van der Waals surface area contributed by atoms with Gasteiger partial charge in [-0.05, 0) is 25.1 Å². The topological polar surface area (TPSA) is 127 Å². The smallest absolute Gasteiger partial charge is 0.233 e. The minimum atomic E-state index is -0.445. The first-order valence-electron chi connectivity index (χ1n) is 11.8. The number of pyridine rings is 1. The number of primary amides is 1. The van der Waals surface area contributed by atoms with E-state index in [1.807, 2.05) is 12.1 Å². The average molecular weight is 514 g/mol. The number of anilines is 2. The number of carbonyl (C=O) groups is 1. The van der Waals surface area contributed by atoms with Crippen LogP contribution in [0, 0.1) is 0 Å². The second-order valence-corrected chi connectivity index (χ2v) is 8.55. The van der Waals surface area contributed by atoms with Crippen LogP contribution < -0.4 is 30.7 Å². The molecule has 0 saturated carbocycles. The Morgan fingerprint density at radius 3 is 2.92 bits per heavy atom. The summed E-state index contributed by atoms with van der Waals surface area (Å²) >= 11 is 5.24. The van der Waals surface area contributed by atoms with E-state index in [0.717, 1.165) is 37.3 Å². The molecule has 0 spiro atoms. The quantitative estimate of drug-likeness (QED) is 0.510. The number of nitrogens with zero attached hydrogens (tertiary/aromatic N) is 4. The number of hydrazine groups is 1. The first-order chi connectivity index (χ1) is 17.5. The molecule has 2 aromatic rings. The van der Waals surface area contributed by atoms with Crippen molar-refractivity contribution in [2.24, 2.45) is 10.7 Å². The van der Waals surface area contributed by atoms with Crippen molar-refractivity contribution in [1.29, 1.82) is 0 Å².